The van der Waals surface area contributed by atoms with Gasteiger partial charge in [0.25, 0.3) is 0 Å². The van der Waals surface area contributed by atoms with Gasteiger partial charge in [-0.25, -0.2) is 9.50 Å². The van der Waals surface area contributed by atoms with Gasteiger partial charge in [-0.1, -0.05) is 27.7 Å². The van der Waals surface area contributed by atoms with Crippen LogP contribution in [0.25, 0.3) is 16.8 Å². The van der Waals surface area contributed by atoms with Gasteiger partial charge in [0.15, 0.2) is 0 Å². The Bertz CT molecular complexity index is 873. The summed E-state index contributed by atoms with van der Waals surface area (Å²) in [5, 5.41) is 6.88. The average molecular weight is 390 g/mol. The van der Waals surface area contributed by atoms with Crippen molar-refractivity contribution in [3.05, 3.63) is 36.3 Å². The van der Waals surface area contributed by atoms with Crippen LogP contribution < -0.4 is 11.1 Å². The molecule has 158 valence electrons. The van der Waals surface area contributed by atoms with Crippen LogP contribution in [0.3, 0.4) is 0 Å². The minimum atomic E-state index is 0. The molecule has 0 spiro atoms. The normalized spacial score (nSPS) is 9.18. The van der Waals surface area contributed by atoms with Gasteiger partial charge >= 0.3 is 0 Å². The number of aryl methyl sites for hydroxylation is 1. The highest BCUT2D eigenvalue weighted by Gasteiger charge is 2.09. The van der Waals surface area contributed by atoms with E-state index >= 15 is 0 Å². The highest BCUT2D eigenvalue weighted by Crippen LogP contribution is 2.27. The number of pyridine rings is 1. The molecule has 0 unspecified atom stereocenters. The van der Waals surface area contributed by atoms with Crippen molar-refractivity contribution in [2.24, 2.45) is 4.99 Å². The standard InChI is InChI=1S/C15H16N6.C2H7N.2C2H6.2H2/c1-9(2)18-12-4-5-13(19-10(12)3)11-6-7-21-14(11)8-17-15(16)20-21;1-3-2;2*1-2;;/h4-8H,1-3H3,(H2,16,20);3H,1-2H3;2*1-2H3;2*1H. The van der Waals surface area contributed by atoms with Crippen molar-refractivity contribution < 1.29 is 2.85 Å². The number of anilines is 1. The van der Waals surface area contributed by atoms with Crippen molar-refractivity contribution in [3.8, 4) is 11.3 Å². The second kappa shape index (κ2) is 13.4. The summed E-state index contributed by atoms with van der Waals surface area (Å²) >= 11 is 0. The van der Waals surface area contributed by atoms with Crippen LogP contribution in [0.1, 0.15) is 50.1 Å². The predicted molar refractivity (Wildman–Crippen MR) is 126 cm³/mol. The molecule has 3 heterocycles. The molecule has 0 aliphatic heterocycles. The molecule has 0 saturated heterocycles. The molecule has 0 amide bonds. The largest absolute Gasteiger partial charge is 0.367 e. The van der Waals surface area contributed by atoms with E-state index in [9.17, 15) is 0 Å². The molecule has 0 radical (unpaired) electrons. The zero-order valence-corrected chi connectivity index (χ0v) is 18.7. The third-order valence-electron chi connectivity index (χ3n) is 3.11. The SMILES string of the molecule is CC.CC.CC(C)=Nc1ccc(-c2ccn3nc(N)ncc23)nc1C.CNC.[HH].[HH]. The van der Waals surface area contributed by atoms with Crippen LogP contribution in [0.15, 0.2) is 35.6 Å². The number of fused-ring (bicyclic) bond motifs is 1. The van der Waals surface area contributed by atoms with E-state index in [0.717, 1.165) is 33.9 Å². The highest BCUT2D eigenvalue weighted by molar-refractivity contribution is 5.83. The summed E-state index contributed by atoms with van der Waals surface area (Å²) in [5.74, 6) is 0.247. The number of aromatic nitrogens is 4. The summed E-state index contributed by atoms with van der Waals surface area (Å²) < 4.78 is 1.71. The molecule has 3 aromatic heterocycles. The van der Waals surface area contributed by atoms with Crippen LogP contribution in [0.5, 0.6) is 0 Å². The van der Waals surface area contributed by atoms with Gasteiger partial charge in [-0.2, -0.15) is 0 Å². The molecule has 0 aromatic carbocycles. The molecule has 7 heteroatoms. The third kappa shape index (κ3) is 7.08. The lowest BCUT2D eigenvalue weighted by atomic mass is 10.1. The lowest BCUT2D eigenvalue weighted by molar-refractivity contribution is 0.917. The zero-order valence-electron chi connectivity index (χ0n) is 18.7. The van der Waals surface area contributed by atoms with Gasteiger partial charge in [0.2, 0.25) is 5.95 Å². The number of nitrogens with one attached hydrogen (secondary N) is 1. The fourth-order valence-corrected chi connectivity index (χ4v) is 2.19. The molecular weight excluding hydrogens is 350 g/mol. The fraction of sp³-hybridized carbons (Fsp3) is 0.429. The number of nitrogen functional groups attached to an aromatic ring is 1. The summed E-state index contributed by atoms with van der Waals surface area (Å²) in [5.41, 5.74) is 11.1. The van der Waals surface area contributed by atoms with Crippen molar-refractivity contribution in [1.29, 1.82) is 0 Å². The molecule has 0 aliphatic carbocycles. The van der Waals surface area contributed by atoms with Crippen molar-refractivity contribution in [3.63, 3.8) is 0 Å². The van der Waals surface area contributed by atoms with Crippen LogP contribution in [-0.2, 0) is 0 Å². The Kier molecular flexibility index (Phi) is 12.0. The Balaban J connectivity index is -0.000000729. The van der Waals surface area contributed by atoms with Gasteiger partial charge in [-0.15, -0.1) is 5.10 Å². The van der Waals surface area contributed by atoms with Crippen molar-refractivity contribution in [2.75, 3.05) is 19.8 Å². The first-order chi connectivity index (χ1) is 13.5. The monoisotopic (exact) mass is 389 g/mol. The minimum absolute atomic E-state index is 0. The molecule has 0 aliphatic rings. The smallest absolute Gasteiger partial charge is 0.238 e. The van der Waals surface area contributed by atoms with Crippen LogP contribution in [0.2, 0.25) is 0 Å². The number of aliphatic imine (C=N–C) groups is 1. The summed E-state index contributed by atoms with van der Waals surface area (Å²) in [7, 11) is 3.75. The topological polar surface area (TPSA) is 93.5 Å². The zero-order chi connectivity index (χ0) is 21.7. The molecule has 3 rings (SSSR count). The van der Waals surface area contributed by atoms with E-state index in [1.807, 2.05) is 87.0 Å². The Morgan fingerprint density at radius 2 is 1.71 bits per heavy atom. The van der Waals surface area contributed by atoms with Gasteiger partial charge in [-0.3, -0.25) is 9.98 Å². The molecule has 3 aromatic rings. The third-order valence-corrected chi connectivity index (χ3v) is 3.11. The predicted octanol–water partition coefficient (Wildman–Crippen LogP) is 5.17. The van der Waals surface area contributed by atoms with Gasteiger partial charge in [0.05, 0.1) is 28.8 Å². The second-order valence-corrected chi connectivity index (χ2v) is 5.54. The highest BCUT2D eigenvalue weighted by atomic mass is 15.3. The summed E-state index contributed by atoms with van der Waals surface area (Å²) in [6.07, 6.45) is 3.55. The molecule has 0 atom stereocenters. The fourth-order valence-electron chi connectivity index (χ4n) is 2.19. The summed E-state index contributed by atoms with van der Waals surface area (Å²) in [6, 6.07) is 5.89. The maximum absolute atomic E-state index is 5.59. The van der Waals surface area contributed by atoms with E-state index < -0.39 is 0 Å². The number of hydrogen-bond acceptors (Lipinski definition) is 6. The Hall–Kier alpha value is -2.80. The van der Waals surface area contributed by atoms with Crippen LogP contribution >= 0.6 is 0 Å². The molecule has 0 fully saturated rings. The second-order valence-electron chi connectivity index (χ2n) is 5.54. The van der Waals surface area contributed by atoms with Gasteiger partial charge in [-0.05, 0) is 53.1 Å². The lowest BCUT2D eigenvalue weighted by Gasteiger charge is -2.04. The minimum Gasteiger partial charge on any atom is -0.367 e. The Morgan fingerprint density at radius 1 is 1.11 bits per heavy atom. The number of nitrogens with zero attached hydrogens (tertiary/aromatic N) is 5. The molecule has 28 heavy (non-hydrogen) atoms. The maximum atomic E-state index is 5.59. The van der Waals surface area contributed by atoms with E-state index in [0.29, 0.717) is 0 Å². The first-order valence-electron chi connectivity index (χ1n) is 9.64. The number of hydrogen-bond donors (Lipinski definition) is 2. The van der Waals surface area contributed by atoms with Crippen LogP contribution in [0, 0.1) is 6.92 Å². The Morgan fingerprint density at radius 3 is 2.25 bits per heavy atom. The molecule has 0 saturated carbocycles. The molecule has 0 bridgehead atoms. The first-order valence-corrected chi connectivity index (χ1v) is 9.64. The molecule has 7 nitrogen and oxygen atoms in total. The van der Waals surface area contributed by atoms with E-state index in [-0.39, 0.29) is 8.80 Å². The lowest BCUT2D eigenvalue weighted by Crippen LogP contribution is -1.99. The van der Waals surface area contributed by atoms with Crippen LogP contribution in [-0.4, -0.2) is 39.4 Å². The van der Waals surface area contributed by atoms with Crippen molar-refractivity contribution in [2.45, 2.75) is 48.5 Å². The Labute approximate surface area is 172 Å². The van der Waals surface area contributed by atoms with Gasteiger partial charge < -0.3 is 11.1 Å². The molecule has 3 N–H and O–H groups in total. The number of nitrogens with two attached hydrogens (primary N) is 1. The summed E-state index contributed by atoms with van der Waals surface area (Å²) in [6.45, 7) is 13.9. The van der Waals surface area contributed by atoms with Gasteiger partial charge in [0.1, 0.15) is 0 Å². The number of rotatable bonds is 2. The van der Waals surface area contributed by atoms with E-state index in [2.05, 4.69) is 25.4 Å². The van der Waals surface area contributed by atoms with E-state index in [1.54, 1.807) is 10.7 Å². The first kappa shape index (κ1) is 25.2. The van der Waals surface area contributed by atoms with Gasteiger partial charge in [0, 0.05) is 20.3 Å². The summed E-state index contributed by atoms with van der Waals surface area (Å²) in [4.78, 5) is 13.1. The van der Waals surface area contributed by atoms with Crippen molar-refractivity contribution >= 4 is 22.9 Å². The van der Waals surface area contributed by atoms with Crippen molar-refractivity contribution in [1.82, 2.24) is 24.9 Å². The maximum Gasteiger partial charge on any atom is 0.238 e. The van der Waals surface area contributed by atoms with E-state index in [4.69, 9.17) is 5.73 Å². The quantitative estimate of drug-likeness (QED) is 0.589. The van der Waals surface area contributed by atoms with E-state index in [1.165, 1.54) is 0 Å². The van der Waals surface area contributed by atoms with Crippen LogP contribution in [0.4, 0.5) is 11.6 Å². The average Bonchev–Trinajstić information content (AvgIpc) is 3.10. The molecular formula is C21H39N7.